The Balaban J connectivity index is 2.13. The fourth-order valence-electron chi connectivity index (χ4n) is 2.46. The second kappa shape index (κ2) is 9.64. The summed E-state index contributed by atoms with van der Waals surface area (Å²) in [7, 11) is -3.62. The van der Waals surface area contributed by atoms with Gasteiger partial charge in [0.15, 0.2) is 0 Å². The molecular weight excluding hydrogens is 376 g/mol. The van der Waals surface area contributed by atoms with Crippen LogP contribution in [-0.2, 0) is 21.4 Å². The molecule has 6 nitrogen and oxygen atoms in total. The molecule has 0 fully saturated rings. The lowest BCUT2D eigenvalue weighted by Gasteiger charge is -2.14. The summed E-state index contributed by atoms with van der Waals surface area (Å²) in [6.07, 6.45) is 1.58. The quantitative estimate of drug-likeness (QED) is 0.627. The standard InChI is InChI=1S/C21H26N2O4S/c1-5-13-22-28(25,26)19-11-9-17(10-12-19)21(24)23-20-8-6-7-18(16(20)4)14-27-15(2)3/h5-12,15,22H,1,13-14H2,2-4H3,(H,23,24). The van der Waals surface area contributed by atoms with Crippen molar-refractivity contribution in [2.75, 3.05) is 11.9 Å². The average molecular weight is 403 g/mol. The number of nitrogens with one attached hydrogen (secondary N) is 2. The molecule has 0 atom stereocenters. The van der Waals surface area contributed by atoms with Gasteiger partial charge in [0.25, 0.3) is 5.91 Å². The molecule has 150 valence electrons. The van der Waals surface area contributed by atoms with Gasteiger partial charge in [0, 0.05) is 17.8 Å². The second-order valence-corrected chi connectivity index (χ2v) is 8.34. The Morgan fingerprint density at radius 2 is 1.86 bits per heavy atom. The van der Waals surface area contributed by atoms with Crippen LogP contribution in [0.15, 0.2) is 60.0 Å². The van der Waals surface area contributed by atoms with Gasteiger partial charge in [0.2, 0.25) is 10.0 Å². The number of carbonyl (C=O) groups excluding carboxylic acids is 1. The molecule has 0 aliphatic carbocycles. The minimum absolute atomic E-state index is 0.0925. The summed E-state index contributed by atoms with van der Waals surface area (Å²) in [4.78, 5) is 12.6. The first kappa shape index (κ1) is 21.8. The molecule has 0 aliphatic heterocycles. The van der Waals surface area contributed by atoms with Crippen LogP contribution in [0.1, 0.15) is 35.3 Å². The highest BCUT2D eigenvalue weighted by atomic mass is 32.2. The van der Waals surface area contributed by atoms with Crippen LogP contribution in [0.2, 0.25) is 0 Å². The molecule has 2 aromatic rings. The summed E-state index contributed by atoms with van der Waals surface area (Å²) < 4.78 is 32.2. The largest absolute Gasteiger partial charge is 0.374 e. The molecule has 28 heavy (non-hydrogen) atoms. The van der Waals surface area contributed by atoms with Gasteiger partial charge < -0.3 is 10.1 Å². The maximum absolute atomic E-state index is 12.6. The monoisotopic (exact) mass is 402 g/mol. The third-order valence-electron chi connectivity index (χ3n) is 4.11. The van der Waals surface area contributed by atoms with E-state index in [1.165, 1.54) is 30.3 Å². The molecule has 0 aromatic heterocycles. The van der Waals surface area contributed by atoms with Crippen molar-refractivity contribution >= 4 is 21.6 Å². The maximum atomic E-state index is 12.6. The van der Waals surface area contributed by atoms with Crippen molar-refractivity contribution in [1.82, 2.24) is 4.72 Å². The van der Waals surface area contributed by atoms with E-state index in [0.717, 1.165) is 11.1 Å². The topological polar surface area (TPSA) is 84.5 Å². The molecule has 0 heterocycles. The minimum atomic E-state index is -3.62. The van der Waals surface area contributed by atoms with Crippen molar-refractivity contribution in [2.45, 2.75) is 38.4 Å². The summed E-state index contributed by atoms with van der Waals surface area (Å²) >= 11 is 0. The molecule has 7 heteroatoms. The third-order valence-corrected chi connectivity index (χ3v) is 5.55. The SMILES string of the molecule is C=CCNS(=O)(=O)c1ccc(C(=O)Nc2cccc(COC(C)C)c2C)cc1. The Morgan fingerprint density at radius 1 is 1.18 bits per heavy atom. The Morgan fingerprint density at radius 3 is 2.46 bits per heavy atom. The molecule has 0 saturated carbocycles. The van der Waals surface area contributed by atoms with Crippen molar-refractivity contribution in [3.63, 3.8) is 0 Å². The number of hydrogen-bond acceptors (Lipinski definition) is 4. The fourth-order valence-corrected chi connectivity index (χ4v) is 3.46. The molecule has 0 bridgehead atoms. The number of sulfonamides is 1. The van der Waals surface area contributed by atoms with Gasteiger partial charge in [0.05, 0.1) is 17.6 Å². The van der Waals surface area contributed by atoms with Gasteiger partial charge in [-0.25, -0.2) is 13.1 Å². The number of hydrogen-bond donors (Lipinski definition) is 2. The number of ether oxygens (including phenoxy) is 1. The lowest BCUT2D eigenvalue weighted by Crippen LogP contribution is -2.23. The van der Waals surface area contributed by atoms with Gasteiger partial charge in [-0.3, -0.25) is 4.79 Å². The van der Waals surface area contributed by atoms with Crippen molar-refractivity contribution in [3.8, 4) is 0 Å². The highest BCUT2D eigenvalue weighted by Gasteiger charge is 2.15. The van der Waals surface area contributed by atoms with Gasteiger partial charge in [-0.15, -0.1) is 6.58 Å². The fraction of sp³-hybridized carbons (Fsp3) is 0.286. The van der Waals surface area contributed by atoms with Crippen molar-refractivity contribution in [1.29, 1.82) is 0 Å². The van der Waals surface area contributed by atoms with Crippen LogP contribution >= 0.6 is 0 Å². The van der Waals surface area contributed by atoms with E-state index in [2.05, 4.69) is 16.6 Å². The zero-order chi connectivity index (χ0) is 20.7. The lowest BCUT2D eigenvalue weighted by molar-refractivity contribution is 0.0654. The first-order chi connectivity index (χ1) is 13.2. The summed E-state index contributed by atoms with van der Waals surface area (Å²) in [5.41, 5.74) is 3.00. The summed E-state index contributed by atoms with van der Waals surface area (Å²) in [5.74, 6) is -0.312. The van der Waals surface area contributed by atoms with Gasteiger partial charge in [-0.2, -0.15) is 0 Å². The molecule has 2 rings (SSSR count). The van der Waals surface area contributed by atoms with E-state index >= 15 is 0 Å². The smallest absolute Gasteiger partial charge is 0.255 e. The zero-order valence-electron chi connectivity index (χ0n) is 16.4. The van der Waals surface area contributed by atoms with E-state index < -0.39 is 10.0 Å². The first-order valence-corrected chi connectivity index (χ1v) is 10.4. The molecule has 1 amide bonds. The van der Waals surface area contributed by atoms with Crippen LogP contribution in [0, 0.1) is 6.92 Å². The normalized spacial score (nSPS) is 11.4. The molecule has 0 unspecified atom stereocenters. The third kappa shape index (κ3) is 5.76. The molecule has 0 aliphatic rings. The van der Waals surface area contributed by atoms with Crippen LogP contribution in [0.4, 0.5) is 5.69 Å². The summed E-state index contributed by atoms with van der Waals surface area (Å²) in [6.45, 7) is 9.96. The minimum Gasteiger partial charge on any atom is -0.374 e. The van der Waals surface area contributed by atoms with E-state index in [0.29, 0.717) is 17.9 Å². The van der Waals surface area contributed by atoms with Crippen molar-refractivity contribution < 1.29 is 17.9 Å². The zero-order valence-corrected chi connectivity index (χ0v) is 17.2. The average Bonchev–Trinajstić information content (AvgIpc) is 2.67. The molecule has 2 N–H and O–H groups in total. The van der Waals surface area contributed by atoms with Crippen LogP contribution < -0.4 is 10.0 Å². The highest BCUT2D eigenvalue weighted by molar-refractivity contribution is 7.89. The molecule has 0 radical (unpaired) electrons. The van der Waals surface area contributed by atoms with Gasteiger partial charge in [0.1, 0.15) is 0 Å². The second-order valence-electron chi connectivity index (χ2n) is 6.57. The number of benzene rings is 2. The first-order valence-electron chi connectivity index (χ1n) is 8.96. The predicted molar refractivity (Wildman–Crippen MR) is 111 cm³/mol. The highest BCUT2D eigenvalue weighted by Crippen LogP contribution is 2.21. The van der Waals surface area contributed by atoms with Crippen LogP contribution in [0.25, 0.3) is 0 Å². The van der Waals surface area contributed by atoms with E-state index in [-0.39, 0.29) is 23.5 Å². The maximum Gasteiger partial charge on any atom is 0.255 e. The van der Waals surface area contributed by atoms with Crippen molar-refractivity contribution in [2.24, 2.45) is 0 Å². The van der Waals surface area contributed by atoms with Gasteiger partial charge in [-0.05, 0) is 62.2 Å². The number of amides is 1. The predicted octanol–water partition coefficient (Wildman–Crippen LogP) is 3.64. The van der Waals surface area contributed by atoms with E-state index in [1.807, 2.05) is 39.0 Å². The summed E-state index contributed by atoms with van der Waals surface area (Å²) in [6, 6.07) is 11.4. The van der Waals surface area contributed by atoms with Gasteiger partial charge >= 0.3 is 0 Å². The Kier molecular flexibility index (Phi) is 7.51. The number of anilines is 1. The molecule has 0 saturated heterocycles. The number of rotatable bonds is 9. The van der Waals surface area contributed by atoms with E-state index in [4.69, 9.17) is 4.74 Å². The van der Waals surface area contributed by atoms with Crippen LogP contribution in [0.3, 0.4) is 0 Å². The van der Waals surface area contributed by atoms with E-state index in [1.54, 1.807) is 0 Å². The Labute approximate surface area is 166 Å². The van der Waals surface area contributed by atoms with Crippen molar-refractivity contribution in [3.05, 3.63) is 71.8 Å². The molecule has 2 aromatic carbocycles. The Bertz CT molecular complexity index is 935. The van der Waals surface area contributed by atoms with Crippen LogP contribution in [0.5, 0.6) is 0 Å². The Hall–Kier alpha value is -2.48. The number of carbonyl (C=O) groups is 1. The molecular formula is C21H26N2O4S. The lowest BCUT2D eigenvalue weighted by atomic mass is 10.1. The van der Waals surface area contributed by atoms with Crippen LogP contribution in [-0.4, -0.2) is 27.0 Å². The molecule has 0 spiro atoms. The summed E-state index contributed by atoms with van der Waals surface area (Å²) in [5, 5.41) is 2.87. The van der Waals surface area contributed by atoms with Gasteiger partial charge in [-0.1, -0.05) is 18.2 Å². The van der Waals surface area contributed by atoms with E-state index in [9.17, 15) is 13.2 Å².